The maximum atomic E-state index is 14.7. The molecular weight excluding hydrogens is 526 g/mol. The van der Waals surface area contributed by atoms with Gasteiger partial charge in [0.2, 0.25) is 0 Å². The number of amides is 2. The molecule has 2 N–H and O–H groups in total. The van der Waals surface area contributed by atoms with Gasteiger partial charge in [0.1, 0.15) is 11.6 Å². The van der Waals surface area contributed by atoms with Crippen molar-refractivity contribution in [2.24, 2.45) is 5.41 Å². The summed E-state index contributed by atoms with van der Waals surface area (Å²) in [5, 5.41) is 15.4. The largest absolute Gasteiger partial charge is 0.387 e. The first kappa shape index (κ1) is 27.6. The van der Waals surface area contributed by atoms with Crippen LogP contribution < -0.4 is 10.9 Å². The maximum absolute atomic E-state index is 14.7. The number of hydrogen-bond acceptors (Lipinski definition) is 4. The van der Waals surface area contributed by atoms with Gasteiger partial charge in [-0.05, 0) is 54.7 Å². The predicted molar refractivity (Wildman–Crippen MR) is 152 cm³/mol. The molecule has 1 aromatic heterocycles. The zero-order valence-electron chi connectivity index (χ0n) is 23.1. The van der Waals surface area contributed by atoms with Crippen LogP contribution in [-0.4, -0.2) is 63.8 Å². The summed E-state index contributed by atoms with van der Waals surface area (Å²) in [6, 6.07) is 15.7. The van der Waals surface area contributed by atoms with E-state index in [4.69, 9.17) is 0 Å². The van der Waals surface area contributed by atoms with E-state index in [2.05, 4.69) is 5.32 Å². The van der Waals surface area contributed by atoms with E-state index in [1.807, 2.05) is 36.4 Å². The number of likely N-dealkylation sites (tertiary alicyclic amines) is 1. The van der Waals surface area contributed by atoms with Gasteiger partial charge in [0.15, 0.2) is 0 Å². The minimum atomic E-state index is -1.16. The molecule has 0 bridgehead atoms. The molecule has 1 saturated carbocycles. The standard InChI is InChI=1S/C32H36F2N4O3/c33-25-8-9-27(34)26(19-25)28-20-35-14-17-38(28)30(40)37-16-13-32(41,31(21-37)11-4-5-12-31)22-36-15-10-24(18-29(36)39)23-6-2-1-3-7-23/h1-3,6-10,15,18-19,28,35,41H,4-5,11-14,16-17,20-22H2/t28-,32+/m0/s1. The van der Waals surface area contributed by atoms with Crippen LogP contribution in [0.4, 0.5) is 13.6 Å². The molecule has 3 aromatic rings. The number of carbonyl (C=O) groups is 1. The Morgan fingerprint density at radius 2 is 1.76 bits per heavy atom. The molecule has 2 atom stereocenters. The van der Waals surface area contributed by atoms with Crippen molar-refractivity contribution in [3.63, 3.8) is 0 Å². The lowest BCUT2D eigenvalue weighted by Gasteiger charge is -2.53. The van der Waals surface area contributed by atoms with E-state index in [1.54, 1.807) is 26.6 Å². The van der Waals surface area contributed by atoms with Crippen LogP contribution in [0.3, 0.4) is 0 Å². The van der Waals surface area contributed by atoms with Gasteiger partial charge in [-0.1, -0.05) is 43.2 Å². The molecule has 3 heterocycles. The minimum absolute atomic E-state index is 0.160. The summed E-state index contributed by atoms with van der Waals surface area (Å²) < 4.78 is 30.3. The van der Waals surface area contributed by atoms with Gasteiger partial charge in [0.05, 0.1) is 18.2 Å². The van der Waals surface area contributed by atoms with Gasteiger partial charge in [-0.2, -0.15) is 0 Å². The van der Waals surface area contributed by atoms with Crippen molar-refractivity contribution in [3.05, 3.63) is 94.4 Å². The first-order valence-electron chi connectivity index (χ1n) is 14.5. The Labute approximate surface area is 238 Å². The lowest BCUT2D eigenvalue weighted by atomic mass is 9.66. The van der Waals surface area contributed by atoms with E-state index in [0.29, 0.717) is 39.1 Å². The van der Waals surface area contributed by atoms with Gasteiger partial charge in [-0.15, -0.1) is 0 Å². The molecular formula is C32H36F2N4O3. The van der Waals surface area contributed by atoms with Crippen molar-refractivity contribution in [1.82, 2.24) is 19.7 Å². The summed E-state index contributed by atoms with van der Waals surface area (Å²) in [6.07, 6.45) is 5.48. The van der Waals surface area contributed by atoms with Crippen LogP contribution in [0.15, 0.2) is 71.7 Å². The third-order valence-electron chi connectivity index (χ3n) is 9.45. The Kier molecular flexibility index (Phi) is 7.42. The van der Waals surface area contributed by atoms with Crippen molar-refractivity contribution < 1.29 is 18.7 Å². The normalized spacial score (nSPS) is 24.1. The number of aromatic nitrogens is 1. The van der Waals surface area contributed by atoms with Gasteiger partial charge < -0.3 is 24.8 Å². The number of carbonyl (C=O) groups excluding carboxylic acids is 1. The number of urea groups is 1. The number of piperidine rings is 1. The molecule has 0 unspecified atom stereocenters. The highest BCUT2D eigenvalue weighted by atomic mass is 19.1. The van der Waals surface area contributed by atoms with Crippen LogP contribution in [0, 0.1) is 17.0 Å². The third-order valence-corrected chi connectivity index (χ3v) is 9.45. The highest BCUT2D eigenvalue weighted by molar-refractivity contribution is 5.75. The van der Waals surface area contributed by atoms with E-state index in [1.165, 1.54) is 6.07 Å². The number of aliphatic hydroxyl groups is 1. The second-order valence-corrected chi connectivity index (χ2v) is 11.8. The lowest BCUT2D eigenvalue weighted by molar-refractivity contribution is -0.136. The molecule has 2 amide bonds. The fourth-order valence-electron chi connectivity index (χ4n) is 7.16. The number of benzene rings is 2. The average Bonchev–Trinajstić information content (AvgIpc) is 3.47. The molecule has 3 fully saturated rings. The molecule has 6 rings (SSSR count). The monoisotopic (exact) mass is 562 g/mol. The maximum Gasteiger partial charge on any atom is 0.320 e. The van der Waals surface area contributed by atoms with Crippen molar-refractivity contribution >= 4 is 6.03 Å². The summed E-state index contributed by atoms with van der Waals surface area (Å²) >= 11 is 0. The summed E-state index contributed by atoms with van der Waals surface area (Å²) in [6.45, 7) is 2.10. The molecule has 216 valence electrons. The number of hydrogen-bond donors (Lipinski definition) is 2. The second-order valence-electron chi connectivity index (χ2n) is 11.8. The zero-order chi connectivity index (χ0) is 28.6. The van der Waals surface area contributed by atoms with Gasteiger partial charge in [-0.25, -0.2) is 13.6 Å². The number of pyridine rings is 1. The Balaban J connectivity index is 1.23. The van der Waals surface area contributed by atoms with Crippen molar-refractivity contribution in [2.75, 3.05) is 32.7 Å². The number of nitrogens with zero attached hydrogens (tertiary/aromatic N) is 3. The van der Waals surface area contributed by atoms with Crippen LogP contribution in [0.1, 0.15) is 43.7 Å². The highest BCUT2D eigenvalue weighted by Gasteiger charge is 2.56. The smallest absolute Gasteiger partial charge is 0.320 e. The number of nitrogens with one attached hydrogen (secondary N) is 1. The number of piperazine rings is 1. The third kappa shape index (κ3) is 5.17. The van der Waals surface area contributed by atoms with Crippen molar-refractivity contribution in [3.8, 4) is 11.1 Å². The summed E-state index contributed by atoms with van der Waals surface area (Å²) in [4.78, 5) is 30.5. The SMILES string of the molecule is O=C(N1CC[C@@](O)(Cn2ccc(-c3ccccc3)cc2=O)C2(CCCC2)C1)N1CCNC[C@H]1c1cc(F)ccc1F. The summed E-state index contributed by atoms with van der Waals surface area (Å²) in [5.41, 5.74) is 0.0660. The van der Waals surface area contributed by atoms with E-state index in [9.17, 15) is 23.5 Å². The van der Waals surface area contributed by atoms with Crippen LogP contribution in [0.5, 0.6) is 0 Å². The Morgan fingerprint density at radius 3 is 2.51 bits per heavy atom. The van der Waals surface area contributed by atoms with Crippen molar-refractivity contribution in [2.45, 2.75) is 50.3 Å². The molecule has 9 heteroatoms. The van der Waals surface area contributed by atoms with E-state index in [0.717, 1.165) is 48.9 Å². The van der Waals surface area contributed by atoms with Crippen LogP contribution in [-0.2, 0) is 6.54 Å². The summed E-state index contributed by atoms with van der Waals surface area (Å²) in [5.74, 6) is -1.08. The van der Waals surface area contributed by atoms with Crippen LogP contribution in [0.25, 0.3) is 11.1 Å². The minimum Gasteiger partial charge on any atom is -0.387 e. The fourth-order valence-corrected chi connectivity index (χ4v) is 7.16. The van der Waals surface area contributed by atoms with E-state index >= 15 is 0 Å². The molecule has 41 heavy (non-hydrogen) atoms. The predicted octanol–water partition coefficient (Wildman–Crippen LogP) is 4.56. The molecule has 2 saturated heterocycles. The Hall–Kier alpha value is -3.56. The van der Waals surface area contributed by atoms with Gasteiger partial charge in [-0.3, -0.25) is 4.79 Å². The molecule has 1 aliphatic carbocycles. The topological polar surface area (TPSA) is 77.8 Å². The first-order valence-corrected chi connectivity index (χ1v) is 14.5. The van der Waals surface area contributed by atoms with Crippen LogP contribution in [0.2, 0.25) is 0 Å². The molecule has 0 radical (unpaired) electrons. The summed E-state index contributed by atoms with van der Waals surface area (Å²) in [7, 11) is 0. The van der Waals surface area contributed by atoms with E-state index in [-0.39, 0.29) is 23.7 Å². The average molecular weight is 563 g/mol. The molecule has 3 aliphatic rings. The number of halogens is 2. The molecule has 7 nitrogen and oxygen atoms in total. The Morgan fingerprint density at radius 1 is 0.976 bits per heavy atom. The Bertz CT molecular complexity index is 1470. The van der Waals surface area contributed by atoms with E-state index < -0.39 is 28.7 Å². The van der Waals surface area contributed by atoms with Gasteiger partial charge >= 0.3 is 6.03 Å². The number of rotatable bonds is 4. The zero-order valence-corrected chi connectivity index (χ0v) is 23.1. The van der Waals surface area contributed by atoms with Crippen LogP contribution >= 0.6 is 0 Å². The molecule has 2 aromatic carbocycles. The molecule has 2 aliphatic heterocycles. The highest BCUT2D eigenvalue weighted by Crippen LogP contribution is 2.52. The second kappa shape index (κ2) is 11.0. The molecule has 1 spiro atoms. The first-order chi connectivity index (χ1) is 19.8. The van der Waals surface area contributed by atoms with Gasteiger partial charge in [0.25, 0.3) is 5.56 Å². The quantitative estimate of drug-likeness (QED) is 0.489. The van der Waals surface area contributed by atoms with Crippen molar-refractivity contribution in [1.29, 1.82) is 0 Å². The fraction of sp³-hybridized carbons (Fsp3) is 0.438. The van der Waals surface area contributed by atoms with Gasteiger partial charge in [0, 0.05) is 56.0 Å². The lowest BCUT2D eigenvalue weighted by Crippen LogP contribution is -2.64.